The summed E-state index contributed by atoms with van der Waals surface area (Å²) in [5.41, 5.74) is 2.15. The molecule has 2 aliphatic rings. The Hall–Kier alpha value is -3.73. The van der Waals surface area contributed by atoms with Crippen LogP contribution in [0.5, 0.6) is 0 Å². The van der Waals surface area contributed by atoms with Gasteiger partial charge in [-0.2, -0.15) is 5.26 Å². The molecule has 0 spiro atoms. The average Bonchev–Trinajstić information content (AvgIpc) is 3.29. The summed E-state index contributed by atoms with van der Waals surface area (Å²) >= 11 is 0. The summed E-state index contributed by atoms with van der Waals surface area (Å²) in [7, 11) is 0. The number of likely N-dealkylation sites (tertiary alicyclic amines) is 2. The molecule has 2 unspecified atom stereocenters. The van der Waals surface area contributed by atoms with Crippen LogP contribution in [0.25, 0.3) is 0 Å². The number of carbonyl (C=O) groups is 3. The Bertz CT molecular complexity index is 1110. The number of aromatic nitrogens is 1. The molecule has 0 N–H and O–H groups in total. The van der Waals surface area contributed by atoms with Gasteiger partial charge in [-0.25, -0.2) is 0 Å². The predicted octanol–water partition coefficient (Wildman–Crippen LogP) is 2.81. The van der Waals surface area contributed by atoms with Crippen molar-refractivity contribution in [3.8, 4) is 6.19 Å². The van der Waals surface area contributed by atoms with E-state index in [2.05, 4.69) is 31.9 Å². The van der Waals surface area contributed by atoms with Gasteiger partial charge in [0.1, 0.15) is 12.1 Å². The minimum Gasteiger partial charge on any atom is -0.326 e. The van der Waals surface area contributed by atoms with E-state index in [4.69, 9.17) is 0 Å². The fourth-order valence-electron chi connectivity index (χ4n) is 4.48. The van der Waals surface area contributed by atoms with Gasteiger partial charge in [0.25, 0.3) is 11.8 Å². The number of benzene rings is 1. The Labute approximate surface area is 199 Å². The van der Waals surface area contributed by atoms with Crippen LogP contribution in [-0.2, 0) is 19.8 Å². The number of Topliss-reactive ketones (excluding diaryl/α,β-unsaturated/α-hetero) is 1. The summed E-state index contributed by atoms with van der Waals surface area (Å²) in [5, 5.41) is 9.58. The number of hydrogen-bond donors (Lipinski definition) is 0. The first-order valence-electron chi connectivity index (χ1n) is 11.5. The van der Waals surface area contributed by atoms with Gasteiger partial charge in [-0.15, -0.1) is 0 Å². The van der Waals surface area contributed by atoms with E-state index in [1.807, 2.05) is 24.3 Å². The van der Waals surface area contributed by atoms with Crippen LogP contribution in [-0.4, -0.2) is 58.1 Å². The minimum atomic E-state index is -0.990. The predicted molar refractivity (Wildman–Crippen MR) is 127 cm³/mol. The molecule has 8 heteroatoms. The van der Waals surface area contributed by atoms with Gasteiger partial charge in [0.2, 0.25) is 0 Å². The van der Waals surface area contributed by atoms with Gasteiger partial charge >= 0.3 is 0 Å². The molecular weight excluding hydrogens is 430 g/mol. The number of carbonyl (C=O) groups excluding carboxylic acids is 3. The third-order valence-corrected chi connectivity index (χ3v) is 6.45. The van der Waals surface area contributed by atoms with Crippen LogP contribution in [0.1, 0.15) is 50.8 Å². The number of rotatable bonds is 5. The van der Waals surface area contributed by atoms with E-state index in [-0.39, 0.29) is 36.1 Å². The third kappa shape index (κ3) is 4.51. The maximum atomic E-state index is 14.0. The van der Waals surface area contributed by atoms with Gasteiger partial charge in [-0.3, -0.25) is 29.2 Å². The first kappa shape index (κ1) is 23.4. The summed E-state index contributed by atoms with van der Waals surface area (Å²) in [5.74, 6) is -0.656. The van der Waals surface area contributed by atoms with Crippen LogP contribution in [0.4, 0.5) is 5.69 Å². The zero-order valence-electron chi connectivity index (χ0n) is 19.8. The molecule has 2 fully saturated rings. The van der Waals surface area contributed by atoms with E-state index in [1.54, 1.807) is 24.5 Å². The Morgan fingerprint density at radius 3 is 2.44 bits per heavy atom. The molecule has 2 aromatic rings. The molecule has 2 saturated heterocycles. The van der Waals surface area contributed by atoms with E-state index < -0.39 is 12.1 Å². The summed E-state index contributed by atoms with van der Waals surface area (Å²) in [6.45, 7) is 6.91. The highest BCUT2D eigenvalue weighted by molar-refractivity contribution is 6.06. The lowest BCUT2D eigenvalue weighted by Gasteiger charge is -2.39. The highest BCUT2D eigenvalue weighted by Gasteiger charge is 2.43. The van der Waals surface area contributed by atoms with Crippen molar-refractivity contribution in [1.29, 1.82) is 5.26 Å². The lowest BCUT2D eigenvalue weighted by atomic mass is 9.87. The molecule has 176 valence electrons. The largest absolute Gasteiger partial charge is 0.326 e. The standard InChI is InChI=1S/C26H29N5O3/c1-26(2,3)19-8-10-20(11-9-19)31(24(33)22-7-5-13-29(22)17-27)23(18-6-4-12-28-14-18)25(34)30-15-21(32)16-30/h4,6,8-12,14,22-23H,5,7,13,15-16H2,1-3H3. The van der Waals surface area contributed by atoms with Crippen molar-refractivity contribution < 1.29 is 14.4 Å². The van der Waals surface area contributed by atoms with Crippen molar-refractivity contribution in [1.82, 2.24) is 14.8 Å². The summed E-state index contributed by atoms with van der Waals surface area (Å²) in [6, 6.07) is 9.48. The molecule has 1 aromatic carbocycles. The number of nitriles is 1. The molecule has 34 heavy (non-hydrogen) atoms. The van der Waals surface area contributed by atoms with Gasteiger partial charge in [-0.1, -0.05) is 39.0 Å². The maximum absolute atomic E-state index is 14.0. The van der Waals surface area contributed by atoms with E-state index in [0.29, 0.717) is 24.2 Å². The molecule has 2 atom stereocenters. The number of anilines is 1. The van der Waals surface area contributed by atoms with Gasteiger partial charge in [-0.05, 0) is 42.0 Å². The molecule has 0 aliphatic carbocycles. The Kier molecular flexibility index (Phi) is 6.38. The van der Waals surface area contributed by atoms with Crippen LogP contribution in [0.15, 0.2) is 48.8 Å². The topological polar surface area (TPSA) is 97.6 Å². The SMILES string of the molecule is CC(C)(C)c1ccc(N(C(=O)C2CCCN2C#N)C(C(=O)N2CC(=O)C2)c2cccnc2)cc1. The first-order chi connectivity index (χ1) is 16.2. The number of pyridine rings is 1. The zero-order chi connectivity index (χ0) is 24.5. The Morgan fingerprint density at radius 2 is 1.88 bits per heavy atom. The van der Waals surface area contributed by atoms with E-state index in [0.717, 1.165) is 12.0 Å². The van der Waals surface area contributed by atoms with Gasteiger partial charge in [0.15, 0.2) is 12.0 Å². The summed E-state index contributed by atoms with van der Waals surface area (Å²) < 4.78 is 0. The first-order valence-corrected chi connectivity index (χ1v) is 11.5. The molecule has 0 bridgehead atoms. The Balaban J connectivity index is 1.81. The van der Waals surface area contributed by atoms with Crippen molar-refractivity contribution >= 4 is 23.3 Å². The van der Waals surface area contributed by atoms with E-state index in [9.17, 15) is 19.6 Å². The van der Waals surface area contributed by atoms with Crippen molar-refractivity contribution in [2.24, 2.45) is 0 Å². The molecule has 0 radical (unpaired) electrons. The summed E-state index contributed by atoms with van der Waals surface area (Å²) in [6.07, 6.45) is 6.57. The molecule has 2 aliphatic heterocycles. The van der Waals surface area contributed by atoms with E-state index in [1.165, 1.54) is 14.7 Å². The molecule has 0 saturated carbocycles. The Morgan fingerprint density at radius 1 is 1.18 bits per heavy atom. The second kappa shape index (κ2) is 9.26. The normalized spacial score (nSPS) is 18.8. The second-order valence-corrected chi connectivity index (χ2v) is 9.88. The molecule has 8 nitrogen and oxygen atoms in total. The van der Waals surface area contributed by atoms with Gasteiger partial charge < -0.3 is 4.90 Å². The monoisotopic (exact) mass is 459 g/mol. The van der Waals surface area contributed by atoms with Crippen LogP contribution in [0.2, 0.25) is 0 Å². The number of hydrogen-bond acceptors (Lipinski definition) is 6. The van der Waals surface area contributed by atoms with Crippen molar-refractivity contribution in [2.75, 3.05) is 24.5 Å². The highest BCUT2D eigenvalue weighted by atomic mass is 16.2. The van der Waals surface area contributed by atoms with Crippen LogP contribution in [0, 0.1) is 11.5 Å². The maximum Gasteiger partial charge on any atom is 0.251 e. The smallest absolute Gasteiger partial charge is 0.251 e. The number of ketones is 1. The second-order valence-electron chi connectivity index (χ2n) is 9.88. The molecular formula is C26H29N5O3. The molecule has 2 amide bonds. The van der Waals surface area contributed by atoms with Crippen molar-refractivity contribution in [3.63, 3.8) is 0 Å². The van der Waals surface area contributed by atoms with Crippen LogP contribution < -0.4 is 4.90 Å². The summed E-state index contributed by atoms with van der Waals surface area (Å²) in [4.78, 5) is 47.9. The van der Waals surface area contributed by atoms with Crippen molar-refractivity contribution in [3.05, 3.63) is 59.9 Å². The lowest BCUT2D eigenvalue weighted by molar-refractivity contribution is -0.146. The van der Waals surface area contributed by atoms with Gasteiger partial charge in [0, 0.05) is 30.2 Å². The minimum absolute atomic E-state index is 0.0165. The molecule has 4 rings (SSSR count). The zero-order valence-corrected chi connectivity index (χ0v) is 19.8. The third-order valence-electron chi connectivity index (χ3n) is 6.45. The van der Waals surface area contributed by atoms with Crippen molar-refractivity contribution in [2.45, 2.75) is 51.1 Å². The molecule has 3 heterocycles. The van der Waals surface area contributed by atoms with E-state index >= 15 is 0 Å². The fourth-order valence-corrected chi connectivity index (χ4v) is 4.48. The van der Waals surface area contributed by atoms with Gasteiger partial charge in [0.05, 0.1) is 13.1 Å². The fraction of sp³-hybridized carbons (Fsp3) is 0.423. The number of amides is 2. The lowest BCUT2D eigenvalue weighted by Crippen LogP contribution is -2.56. The van der Waals surface area contributed by atoms with Crippen LogP contribution in [0.3, 0.4) is 0 Å². The number of nitrogens with zero attached hydrogens (tertiary/aromatic N) is 5. The quantitative estimate of drug-likeness (QED) is 0.638. The molecule has 1 aromatic heterocycles. The van der Waals surface area contributed by atoms with Crippen LogP contribution >= 0.6 is 0 Å². The highest BCUT2D eigenvalue weighted by Crippen LogP contribution is 2.34. The average molecular weight is 460 g/mol.